The van der Waals surface area contributed by atoms with Crippen molar-refractivity contribution < 1.29 is 14.7 Å². The lowest BCUT2D eigenvalue weighted by Gasteiger charge is -2.17. The molecule has 0 aliphatic carbocycles. The van der Waals surface area contributed by atoms with Gasteiger partial charge in [0.15, 0.2) is 0 Å². The third-order valence-electron chi connectivity index (χ3n) is 3.85. The number of hydrogen-bond acceptors (Lipinski definition) is 3. The van der Waals surface area contributed by atoms with Gasteiger partial charge in [-0.3, -0.25) is 14.5 Å². The number of benzene rings is 1. The van der Waals surface area contributed by atoms with Crippen molar-refractivity contribution in [3.8, 4) is 0 Å². The molecule has 2 N–H and O–H groups in total. The number of hydrogen-bond donors (Lipinski definition) is 2. The smallest absolute Gasteiger partial charge is 0.307 e. The van der Waals surface area contributed by atoms with E-state index in [1.54, 1.807) is 0 Å². The molecule has 1 unspecified atom stereocenters. The summed E-state index contributed by atoms with van der Waals surface area (Å²) in [5, 5.41) is 11.9. The van der Waals surface area contributed by atoms with E-state index in [4.69, 9.17) is 5.11 Å². The Hall–Kier alpha value is -1.88. The van der Waals surface area contributed by atoms with Crippen LogP contribution in [-0.4, -0.2) is 41.5 Å². The molecule has 1 aliphatic rings. The van der Waals surface area contributed by atoms with Gasteiger partial charge in [-0.25, -0.2) is 0 Å². The minimum Gasteiger partial charge on any atom is -0.481 e. The highest BCUT2D eigenvalue weighted by molar-refractivity contribution is 5.93. The van der Waals surface area contributed by atoms with E-state index < -0.39 is 5.97 Å². The molecule has 5 nitrogen and oxygen atoms in total. The Kier molecular flexibility index (Phi) is 4.96. The van der Waals surface area contributed by atoms with Crippen LogP contribution in [0.2, 0.25) is 0 Å². The number of carboxylic acids is 1. The van der Waals surface area contributed by atoms with E-state index in [2.05, 4.69) is 19.2 Å². The SMILES string of the molecule is CC(C)c1ccccc1NC(=O)CN1CCC(C(=O)O)C1. The lowest BCUT2D eigenvalue weighted by atomic mass is 10.0. The summed E-state index contributed by atoms with van der Waals surface area (Å²) in [6.45, 7) is 5.53. The van der Waals surface area contributed by atoms with E-state index >= 15 is 0 Å². The molecule has 0 radical (unpaired) electrons. The Bertz CT molecular complexity index is 528. The van der Waals surface area contributed by atoms with E-state index in [0.29, 0.717) is 25.4 Å². The van der Waals surface area contributed by atoms with Crippen molar-refractivity contribution in [2.75, 3.05) is 25.0 Å². The summed E-state index contributed by atoms with van der Waals surface area (Å²) < 4.78 is 0. The molecule has 1 saturated heterocycles. The standard InChI is InChI=1S/C16H22N2O3/c1-11(2)13-5-3-4-6-14(13)17-15(19)10-18-8-7-12(9-18)16(20)21/h3-6,11-12H,7-10H2,1-2H3,(H,17,19)(H,20,21). The normalized spacial score (nSPS) is 18.9. The lowest BCUT2D eigenvalue weighted by molar-refractivity contribution is -0.141. The van der Waals surface area contributed by atoms with Crippen molar-refractivity contribution in [3.63, 3.8) is 0 Å². The van der Waals surface area contributed by atoms with Gasteiger partial charge in [0, 0.05) is 12.2 Å². The zero-order valence-corrected chi connectivity index (χ0v) is 12.5. The molecule has 1 atom stereocenters. The van der Waals surface area contributed by atoms with Crippen LogP contribution in [0.5, 0.6) is 0 Å². The van der Waals surface area contributed by atoms with Crippen molar-refractivity contribution in [2.45, 2.75) is 26.2 Å². The highest BCUT2D eigenvalue weighted by Crippen LogP contribution is 2.24. The predicted octanol–water partition coefficient (Wildman–Crippen LogP) is 2.16. The number of amides is 1. The van der Waals surface area contributed by atoms with Crippen LogP contribution in [0.4, 0.5) is 5.69 Å². The molecule has 5 heteroatoms. The van der Waals surface area contributed by atoms with Gasteiger partial charge >= 0.3 is 5.97 Å². The number of carbonyl (C=O) groups excluding carboxylic acids is 1. The van der Waals surface area contributed by atoms with Crippen molar-refractivity contribution in [1.29, 1.82) is 0 Å². The number of likely N-dealkylation sites (tertiary alicyclic amines) is 1. The van der Waals surface area contributed by atoms with Crippen LogP contribution >= 0.6 is 0 Å². The zero-order valence-electron chi connectivity index (χ0n) is 12.5. The monoisotopic (exact) mass is 290 g/mol. The summed E-state index contributed by atoms with van der Waals surface area (Å²) >= 11 is 0. The van der Waals surface area contributed by atoms with Gasteiger partial charge < -0.3 is 10.4 Å². The maximum Gasteiger partial charge on any atom is 0.307 e. The van der Waals surface area contributed by atoms with Gasteiger partial charge in [0.25, 0.3) is 0 Å². The summed E-state index contributed by atoms with van der Waals surface area (Å²) in [5.41, 5.74) is 1.95. The highest BCUT2D eigenvalue weighted by atomic mass is 16.4. The van der Waals surface area contributed by atoms with Gasteiger partial charge in [0.2, 0.25) is 5.91 Å². The third kappa shape index (κ3) is 4.04. The van der Waals surface area contributed by atoms with Crippen LogP contribution in [0, 0.1) is 5.92 Å². The first-order chi connectivity index (χ1) is 9.97. The molecule has 1 amide bonds. The van der Waals surface area contributed by atoms with Gasteiger partial charge in [0.05, 0.1) is 12.5 Å². The molecule has 1 fully saturated rings. The van der Waals surface area contributed by atoms with Crippen LogP contribution in [-0.2, 0) is 9.59 Å². The number of rotatable bonds is 5. The minimum absolute atomic E-state index is 0.0888. The number of carboxylic acid groups (broad SMARTS) is 1. The van der Waals surface area contributed by atoms with Crippen molar-refractivity contribution in [3.05, 3.63) is 29.8 Å². The Morgan fingerprint density at radius 1 is 1.38 bits per heavy atom. The molecule has 21 heavy (non-hydrogen) atoms. The maximum absolute atomic E-state index is 12.1. The minimum atomic E-state index is -0.775. The fourth-order valence-electron chi connectivity index (χ4n) is 2.68. The molecule has 0 bridgehead atoms. The molecule has 1 heterocycles. The maximum atomic E-state index is 12.1. The summed E-state index contributed by atoms with van der Waals surface area (Å²) in [7, 11) is 0. The Morgan fingerprint density at radius 3 is 2.71 bits per heavy atom. The van der Waals surface area contributed by atoms with Crippen LogP contribution in [0.15, 0.2) is 24.3 Å². The molecular formula is C16H22N2O3. The summed E-state index contributed by atoms with van der Waals surface area (Å²) in [6.07, 6.45) is 0.616. The van der Waals surface area contributed by atoms with E-state index in [0.717, 1.165) is 11.3 Å². The number of anilines is 1. The second kappa shape index (κ2) is 6.72. The fourth-order valence-corrected chi connectivity index (χ4v) is 2.68. The highest BCUT2D eigenvalue weighted by Gasteiger charge is 2.28. The lowest BCUT2D eigenvalue weighted by Crippen LogP contribution is -2.32. The first kappa shape index (κ1) is 15.5. The molecule has 1 aliphatic heterocycles. The van der Waals surface area contributed by atoms with Crippen molar-refractivity contribution in [2.24, 2.45) is 5.92 Å². The summed E-state index contributed by atoms with van der Waals surface area (Å²) in [6, 6.07) is 7.77. The topological polar surface area (TPSA) is 69.6 Å². The molecule has 1 aromatic carbocycles. The number of nitrogens with zero attached hydrogens (tertiary/aromatic N) is 1. The van der Waals surface area contributed by atoms with E-state index in [1.165, 1.54) is 0 Å². The van der Waals surface area contributed by atoms with Gasteiger partial charge in [-0.15, -0.1) is 0 Å². The fraction of sp³-hybridized carbons (Fsp3) is 0.500. The average molecular weight is 290 g/mol. The van der Waals surface area contributed by atoms with E-state index in [-0.39, 0.29) is 18.4 Å². The molecule has 1 aromatic rings. The molecule has 114 valence electrons. The number of carbonyl (C=O) groups is 2. The largest absolute Gasteiger partial charge is 0.481 e. The van der Waals surface area contributed by atoms with Gasteiger partial charge in [-0.1, -0.05) is 32.0 Å². The average Bonchev–Trinajstić information content (AvgIpc) is 2.87. The molecule has 0 spiro atoms. The number of aliphatic carboxylic acids is 1. The predicted molar refractivity (Wildman–Crippen MR) is 81.3 cm³/mol. The quantitative estimate of drug-likeness (QED) is 0.872. The Labute approximate surface area is 125 Å². The van der Waals surface area contributed by atoms with E-state index in [1.807, 2.05) is 29.2 Å². The third-order valence-corrected chi connectivity index (χ3v) is 3.85. The second-order valence-corrected chi connectivity index (χ2v) is 5.85. The van der Waals surface area contributed by atoms with Crippen LogP contribution in [0.25, 0.3) is 0 Å². The van der Waals surface area contributed by atoms with Gasteiger partial charge in [0.1, 0.15) is 0 Å². The van der Waals surface area contributed by atoms with Gasteiger partial charge in [-0.05, 0) is 30.5 Å². The zero-order chi connectivity index (χ0) is 15.4. The van der Waals surface area contributed by atoms with E-state index in [9.17, 15) is 9.59 Å². The summed E-state index contributed by atoms with van der Waals surface area (Å²) in [5.74, 6) is -0.873. The Morgan fingerprint density at radius 2 is 2.10 bits per heavy atom. The first-order valence-electron chi connectivity index (χ1n) is 7.31. The van der Waals surface area contributed by atoms with Crippen LogP contribution in [0.1, 0.15) is 31.7 Å². The molecule has 0 saturated carbocycles. The van der Waals surface area contributed by atoms with Crippen molar-refractivity contribution >= 4 is 17.6 Å². The number of nitrogens with one attached hydrogen (secondary N) is 1. The van der Waals surface area contributed by atoms with Gasteiger partial charge in [-0.2, -0.15) is 0 Å². The van der Waals surface area contributed by atoms with Crippen LogP contribution < -0.4 is 5.32 Å². The molecule has 2 rings (SSSR count). The number of para-hydroxylation sites is 1. The molecule has 0 aromatic heterocycles. The molecular weight excluding hydrogens is 268 g/mol. The van der Waals surface area contributed by atoms with Crippen molar-refractivity contribution in [1.82, 2.24) is 4.90 Å². The summed E-state index contributed by atoms with van der Waals surface area (Å²) in [4.78, 5) is 24.9. The van der Waals surface area contributed by atoms with Crippen LogP contribution in [0.3, 0.4) is 0 Å². The second-order valence-electron chi connectivity index (χ2n) is 5.85. The first-order valence-corrected chi connectivity index (χ1v) is 7.31. The Balaban J connectivity index is 1.93.